The molecule has 0 radical (unpaired) electrons. The zero-order valence-corrected chi connectivity index (χ0v) is 12.4. The van der Waals surface area contributed by atoms with Gasteiger partial charge in [-0.3, -0.25) is 4.79 Å². The molecule has 2 aliphatic rings. The van der Waals surface area contributed by atoms with Crippen LogP contribution in [0.15, 0.2) is 0 Å². The molecule has 2 N–H and O–H groups in total. The normalized spacial score (nSPS) is 29.4. The Bertz CT molecular complexity index is 262. The molecular formula is C12H23ClN2O2S. The summed E-state index contributed by atoms with van der Waals surface area (Å²) in [4.78, 5) is 12.0. The second-order valence-electron chi connectivity index (χ2n) is 4.81. The molecule has 0 saturated carbocycles. The first kappa shape index (κ1) is 16.1. The second-order valence-corrected chi connectivity index (χ2v) is 6.03. The largest absolute Gasteiger partial charge is 0.375 e. The monoisotopic (exact) mass is 294 g/mol. The average Bonchev–Trinajstić information content (AvgIpc) is 2.38. The molecule has 2 heterocycles. The summed E-state index contributed by atoms with van der Waals surface area (Å²) in [6, 6.07) is -0.179. The molecule has 6 heteroatoms. The van der Waals surface area contributed by atoms with Gasteiger partial charge in [-0.2, -0.15) is 11.8 Å². The van der Waals surface area contributed by atoms with Gasteiger partial charge in [-0.05, 0) is 37.2 Å². The highest BCUT2D eigenvalue weighted by Gasteiger charge is 2.28. The summed E-state index contributed by atoms with van der Waals surface area (Å²) in [5.74, 6) is 3.24. The lowest BCUT2D eigenvalue weighted by Gasteiger charge is -2.30. The fourth-order valence-electron chi connectivity index (χ4n) is 2.33. The molecule has 0 aromatic carbocycles. The molecule has 2 fully saturated rings. The van der Waals surface area contributed by atoms with E-state index >= 15 is 0 Å². The number of nitrogens with one attached hydrogen (secondary N) is 2. The Labute approximate surface area is 119 Å². The predicted molar refractivity (Wildman–Crippen MR) is 77.5 cm³/mol. The van der Waals surface area contributed by atoms with Gasteiger partial charge in [0.25, 0.3) is 0 Å². The Kier molecular flexibility index (Phi) is 7.37. The second kappa shape index (κ2) is 8.25. The van der Waals surface area contributed by atoms with Crippen LogP contribution in [0.4, 0.5) is 0 Å². The maximum atomic E-state index is 12.0. The SMILES string of the molecule is C[C@H]1OCCN[C@@H]1C(=O)NCC1CCSCC1.Cl. The summed E-state index contributed by atoms with van der Waals surface area (Å²) < 4.78 is 5.48. The summed E-state index contributed by atoms with van der Waals surface area (Å²) in [6.07, 6.45) is 2.44. The Balaban J connectivity index is 0.00000162. The highest BCUT2D eigenvalue weighted by Crippen LogP contribution is 2.21. The number of thioether (sulfide) groups is 1. The zero-order valence-electron chi connectivity index (χ0n) is 10.8. The van der Waals surface area contributed by atoms with E-state index < -0.39 is 0 Å². The minimum atomic E-state index is -0.179. The van der Waals surface area contributed by atoms with Gasteiger partial charge in [-0.15, -0.1) is 12.4 Å². The molecule has 0 spiro atoms. The van der Waals surface area contributed by atoms with Gasteiger partial charge in [0.2, 0.25) is 5.91 Å². The molecule has 0 aliphatic carbocycles. The van der Waals surface area contributed by atoms with Crippen molar-refractivity contribution in [2.24, 2.45) is 5.92 Å². The number of amides is 1. The van der Waals surface area contributed by atoms with E-state index in [9.17, 15) is 4.79 Å². The van der Waals surface area contributed by atoms with E-state index in [0.717, 1.165) is 13.1 Å². The van der Waals surface area contributed by atoms with Gasteiger partial charge in [0.1, 0.15) is 6.04 Å². The number of ether oxygens (including phenoxy) is 1. The summed E-state index contributed by atoms with van der Waals surface area (Å²) in [5, 5.41) is 6.28. The summed E-state index contributed by atoms with van der Waals surface area (Å²) >= 11 is 2.02. The molecular weight excluding hydrogens is 272 g/mol. The summed E-state index contributed by atoms with van der Waals surface area (Å²) in [6.45, 7) is 4.24. The number of morpholine rings is 1. The fraction of sp³-hybridized carbons (Fsp3) is 0.917. The van der Waals surface area contributed by atoms with Crippen molar-refractivity contribution in [1.29, 1.82) is 0 Å². The number of hydrogen-bond donors (Lipinski definition) is 2. The van der Waals surface area contributed by atoms with E-state index in [4.69, 9.17) is 4.74 Å². The number of carbonyl (C=O) groups excluding carboxylic acids is 1. The van der Waals surface area contributed by atoms with Crippen LogP contribution < -0.4 is 10.6 Å². The van der Waals surface area contributed by atoms with Crippen molar-refractivity contribution in [3.05, 3.63) is 0 Å². The van der Waals surface area contributed by atoms with Crippen LogP contribution in [0.3, 0.4) is 0 Å². The van der Waals surface area contributed by atoms with Crippen molar-refractivity contribution >= 4 is 30.1 Å². The molecule has 2 rings (SSSR count). The summed E-state index contributed by atoms with van der Waals surface area (Å²) in [5.41, 5.74) is 0. The van der Waals surface area contributed by atoms with Crippen molar-refractivity contribution in [3.63, 3.8) is 0 Å². The first-order valence-electron chi connectivity index (χ1n) is 6.48. The lowest BCUT2D eigenvalue weighted by atomic mass is 10.0. The van der Waals surface area contributed by atoms with E-state index in [-0.39, 0.29) is 30.5 Å². The molecule has 18 heavy (non-hydrogen) atoms. The quantitative estimate of drug-likeness (QED) is 0.817. The lowest BCUT2D eigenvalue weighted by molar-refractivity contribution is -0.129. The molecule has 0 aromatic rings. The Morgan fingerprint density at radius 1 is 1.44 bits per heavy atom. The van der Waals surface area contributed by atoms with E-state index in [1.165, 1.54) is 24.3 Å². The van der Waals surface area contributed by atoms with Gasteiger partial charge < -0.3 is 15.4 Å². The fourth-order valence-corrected chi connectivity index (χ4v) is 3.54. The Hall–Kier alpha value is 0.0300. The van der Waals surface area contributed by atoms with Crippen molar-refractivity contribution in [2.45, 2.75) is 31.9 Å². The maximum Gasteiger partial charge on any atom is 0.239 e. The maximum absolute atomic E-state index is 12.0. The molecule has 4 nitrogen and oxygen atoms in total. The lowest BCUT2D eigenvalue weighted by Crippen LogP contribution is -2.56. The van der Waals surface area contributed by atoms with Crippen LogP contribution in [0.25, 0.3) is 0 Å². The van der Waals surface area contributed by atoms with Crippen LogP contribution in [-0.4, -0.2) is 49.3 Å². The standard InChI is InChI=1S/C12H22N2O2S.ClH/c1-9-11(13-4-5-16-9)12(15)14-8-10-2-6-17-7-3-10;/h9-11,13H,2-8H2,1H3,(H,14,15);1H/t9-,11+;/m1./s1. The van der Waals surface area contributed by atoms with Crippen LogP contribution in [0.5, 0.6) is 0 Å². The molecule has 2 atom stereocenters. The van der Waals surface area contributed by atoms with Crippen molar-refractivity contribution < 1.29 is 9.53 Å². The highest BCUT2D eigenvalue weighted by atomic mass is 35.5. The zero-order chi connectivity index (χ0) is 12.1. The van der Waals surface area contributed by atoms with Gasteiger partial charge in [0, 0.05) is 13.1 Å². The van der Waals surface area contributed by atoms with Gasteiger partial charge in [0.15, 0.2) is 0 Å². The van der Waals surface area contributed by atoms with Gasteiger partial charge >= 0.3 is 0 Å². The molecule has 2 saturated heterocycles. The third-order valence-electron chi connectivity index (χ3n) is 3.50. The average molecular weight is 295 g/mol. The molecule has 0 bridgehead atoms. The molecule has 106 valence electrons. The highest BCUT2D eigenvalue weighted by molar-refractivity contribution is 7.99. The smallest absolute Gasteiger partial charge is 0.239 e. The van der Waals surface area contributed by atoms with E-state index in [2.05, 4.69) is 10.6 Å². The predicted octanol–water partition coefficient (Wildman–Crippen LogP) is 1.04. The van der Waals surface area contributed by atoms with E-state index in [1.807, 2.05) is 18.7 Å². The third-order valence-corrected chi connectivity index (χ3v) is 4.55. The number of carbonyl (C=O) groups is 1. The number of hydrogen-bond acceptors (Lipinski definition) is 4. The molecule has 1 amide bonds. The van der Waals surface area contributed by atoms with Crippen LogP contribution in [-0.2, 0) is 9.53 Å². The third kappa shape index (κ3) is 4.61. The molecule has 0 aromatic heterocycles. The molecule has 0 unspecified atom stereocenters. The Morgan fingerprint density at radius 2 is 2.17 bits per heavy atom. The first-order valence-corrected chi connectivity index (χ1v) is 7.63. The number of rotatable bonds is 3. The van der Waals surface area contributed by atoms with Gasteiger partial charge in [-0.25, -0.2) is 0 Å². The van der Waals surface area contributed by atoms with Crippen molar-refractivity contribution in [1.82, 2.24) is 10.6 Å². The first-order chi connectivity index (χ1) is 8.27. The van der Waals surface area contributed by atoms with Crippen LogP contribution in [0, 0.1) is 5.92 Å². The van der Waals surface area contributed by atoms with E-state index in [0.29, 0.717) is 12.5 Å². The minimum Gasteiger partial charge on any atom is -0.375 e. The summed E-state index contributed by atoms with van der Waals surface area (Å²) in [7, 11) is 0. The van der Waals surface area contributed by atoms with Crippen LogP contribution in [0.2, 0.25) is 0 Å². The Morgan fingerprint density at radius 3 is 2.83 bits per heavy atom. The van der Waals surface area contributed by atoms with Crippen molar-refractivity contribution in [3.8, 4) is 0 Å². The van der Waals surface area contributed by atoms with Gasteiger partial charge in [-0.1, -0.05) is 0 Å². The van der Waals surface area contributed by atoms with Gasteiger partial charge in [0.05, 0.1) is 12.7 Å². The molecule has 2 aliphatic heterocycles. The van der Waals surface area contributed by atoms with Crippen LogP contribution >= 0.6 is 24.2 Å². The van der Waals surface area contributed by atoms with E-state index in [1.54, 1.807) is 0 Å². The van der Waals surface area contributed by atoms with Crippen molar-refractivity contribution in [2.75, 3.05) is 31.2 Å². The number of halogens is 1. The van der Waals surface area contributed by atoms with Crippen LogP contribution in [0.1, 0.15) is 19.8 Å². The minimum absolute atomic E-state index is 0. The topological polar surface area (TPSA) is 50.4 Å².